The first-order valence-electron chi connectivity index (χ1n) is 7.31. The monoisotopic (exact) mass is 435 g/mol. The molecule has 27 heavy (non-hydrogen) atoms. The van der Waals surface area contributed by atoms with E-state index < -0.39 is 34.7 Å². The summed E-state index contributed by atoms with van der Waals surface area (Å²) in [6.45, 7) is 1.49. The van der Waals surface area contributed by atoms with E-state index in [1.165, 1.54) is 16.8 Å². The lowest BCUT2D eigenvalue weighted by Gasteiger charge is -2.10. The number of aromatic nitrogens is 2. The van der Waals surface area contributed by atoms with Gasteiger partial charge in [0.05, 0.1) is 15.0 Å². The second kappa shape index (κ2) is 8.89. The van der Waals surface area contributed by atoms with Crippen LogP contribution in [-0.2, 0) is 11.3 Å². The van der Waals surface area contributed by atoms with Crippen LogP contribution >= 0.6 is 34.8 Å². The van der Waals surface area contributed by atoms with Crippen LogP contribution < -0.4 is 15.6 Å². The third kappa shape index (κ3) is 5.22. The molecule has 1 heterocycles. The number of nitro groups is 1. The summed E-state index contributed by atoms with van der Waals surface area (Å²) < 4.78 is 6.42. The second-order valence-electron chi connectivity index (χ2n) is 4.97. The third-order valence-corrected chi connectivity index (χ3v) is 3.88. The highest BCUT2D eigenvalue weighted by Gasteiger charge is 2.25. The van der Waals surface area contributed by atoms with Gasteiger partial charge in [-0.05, 0) is 19.1 Å². The number of hydrogen-bond acceptors (Lipinski definition) is 6. The lowest BCUT2D eigenvalue weighted by atomic mass is 10.3. The molecular formula is C14H12Cl3N5O5. The van der Waals surface area contributed by atoms with Crippen molar-refractivity contribution in [3.8, 4) is 5.75 Å². The fourth-order valence-electron chi connectivity index (χ4n) is 1.89. The molecule has 0 unspecified atom stereocenters. The topological polar surface area (TPSA) is 128 Å². The van der Waals surface area contributed by atoms with Gasteiger partial charge in [-0.1, -0.05) is 34.8 Å². The fourth-order valence-corrected chi connectivity index (χ4v) is 2.82. The van der Waals surface area contributed by atoms with E-state index in [1.807, 2.05) is 10.9 Å². The maximum atomic E-state index is 12.0. The zero-order chi connectivity index (χ0) is 20.1. The van der Waals surface area contributed by atoms with E-state index in [9.17, 15) is 19.7 Å². The van der Waals surface area contributed by atoms with E-state index in [1.54, 1.807) is 6.92 Å². The number of aryl methyl sites for hydroxylation is 1. The van der Waals surface area contributed by atoms with E-state index in [-0.39, 0.29) is 15.8 Å². The molecule has 0 aliphatic carbocycles. The minimum absolute atomic E-state index is 0.0431. The Morgan fingerprint density at radius 2 is 1.89 bits per heavy atom. The summed E-state index contributed by atoms with van der Waals surface area (Å²) in [4.78, 5) is 34.0. The highest BCUT2D eigenvalue weighted by atomic mass is 35.5. The predicted molar refractivity (Wildman–Crippen MR) is 97.1 cm³/mol. The Morgan fingerprint density at radius 3 is 2.44 bits per heavy atom. The number of carbonyl (C=O) groups is 2. The van der Waals surface area contributed by atoms with Gasteiger partial charge in [-0.15, -0.1) is 0 Å². The largest absolute Gasteiger partial charge is 0.481 e. The van der Waals surface area contributed by atoms with Crippen LogP contribution in [0.4, 0.5) is 5.69 Å². The van der Waals surface area contributed by atoms with Crippen LogP contribution in [0, 0.1) is 10.1 Å². The Morgan fingerprint density at radius 1 is 1.26 bits per heavy atom. The molecule has 0 radical (unpaired) electrons. The number of ether oxygens (including phenoxy) is 1. The Kier molecular flexibility index (Phi) is 6.83. The average Bonchev–Trinajstić information content (AvgIpc) is 3.03. The van der Waals surface area contributed by atoms with Gasteiger partial charge in [-0.25, -0.2) is 0 Å². The average molecular weight is 437 g/mol. The van der Waals surface area contributed by atoms with Crippen LogP contribution in [0.2, 0.25) is 15.1 Å². The van der Waals surface area contributed by atoms with Crippen molar-refractivity contribution >= 4 is 52.3 Å². The van der Waals surface area contributed by atoms with Gasteiger partial charge in [-0.2, -0.15) is 5.10 Å². The smallest absolute Gasteiger partial charge is 0.320 e. The summed E-state index contributed by atoms with van der Waals surface area (Å²) in [5, 5.41) is 15.3. The minimum atomic E-state index is -0.954. The number of hydrazine groups is 1. The summed E-state index contributed by atoms with van der Waals surface area (Å²) in [5.74, 6) is -1.67. The lowest BCUT2D eigenvalue weighted by molar-refractivity contribution is -0.385. The second-order valence-corrected chi connectivity index (χ2v) is 6.22. The first-order valence-corrected chi connectivity index (χ1v) is 8.44. The Balaban J connectivity index is 1.95. The van der Waals surface area contributed by atoms with Gasteiger partial charge >= 0.3 is 5.69 Å². The van der Waals surface area contributed by atoms with Crippen molar-refractivity contribution in [2.24, 2.45) is 0 Å². The molecule has 0 bridgehead atoms. The molecule has 2 N–H and O–H groups in total. The van der Waals surface area contributed by atoms with E-state index in [4.69, 9.17) is 39.5 Å². The molecule has 1 aromatic heterocycles. The summed E-state index contributed by atoms with van der Waals surface area (Å²) in [5.41, 5.74) is 3.14. The number of rotatable bonds is 6. The first kappa shape index (κ1) is 20.7. The highest BCUT2D eigenvalue weighted by molar-refractivity contribution is 6.40. The number of nitrogens with one attached hydrogen (secondary N) is 2. The van der Waals surface area contributed by atoms with Crippen molar-refractivity contribution < 1.29 is 19.2 Å². The summed E-state index contributed by atoms with van der Waals surface area (Å²) in [6, 6.07) is 2.76. The van der Waals surface area contributed by atoms with Gasteiger partial charge in [0.1, 0.15) is 6.20 Å². The molecule has 144 valence electrons. The van der Waals surface area contributed by atoms with Crippen LogP contribution in [0.25, 0.3) is 0 Å². The number of nitrogens with zero attached hydrogens (tertiary/aromatic N) is 3. The number of hydrogen-bond donors (Lipinski definition) is 2. The number of benzene rings is 1. The lowest BCUT2D eigenvalue weighted by Crippen LogP contribution is -2.44. The molecule has 0 spiro atoms. The first-order chi connectivity index (χ1) is 12.7. The molecule has 0 saturated heterocycles. The quantitative estimate of drug-likeness (QED) is 0.529. The van der Waals surface area contributed by atoms with Crippen molar-refractivity contribution in [1.82, 2.24) is 20.6 Å². The molecule has 10 nitrogen and oxygen atoms in total. The zero-order valence-corrected chi connectivity index (χ0v) is 15.9. The molecule has 2 aromatic rings. The number of halogens is 3. The normalized spacial score (nSPS) is 10.4. The van der Waals surface area contributed by atoms with Gasteiger partial charge in [0.15, 0.2) is 12.4 Å². The summed E-state index contributed by atoms with van der Waals surface area (Å²) >= 11 is 17.6. The van der Waals surface area contributed by atoms with E-state index in [2.05, 4.69) is 5.10 Å². The highest BCUT2D eigenvalue weighted by Crippen LogP contribution is 2.35. The standard InChI is InChI=1S/C14H12Cl3N5O5/c1-2-21-5-10(22(25)26)12(20-21)14(24)19-18-11(23)6-27-13-8(16)3-7(15)4-9(13)17/h3-5H,2,6H2,1H3,(H,18,23)(H,19,24). The van der Waals surface area contributed by atoms with Crippen molar-refractivity contribution in [3.05, 3.63) is 49.2 Å². The van der Waals surface area contributed by atoms with Gasteiger partial charge in [0.2, 0.25) is 5.69 Å². The molecule has 13 heteroatoms. The molecule has 2 amide bonds. The van der Waals surface area contributed by atoms with Crippen LogP contribution in [0.1, 0.15) is 17.4 Å². The molecule has 2 rings (SSSR count). The molecule has 0 saturated carbocycles. The van der Waals surface area contributed by atoms with Gasteiger partial charge < -0.3 is 4.74 Å². The molecule has 0 fully saturated rings. The fraction of sp³-hybridized carbons (Fsp3) is 0.214. The van der Waals surface area contributed by atoms with E-state index >= 15 is 0 Å². The Hall–Kier alpha value is -2.56. The maximum absolute atomic E-state index is 12.0. The SMILES string of the molecule is CCn1cc([N+](=O)[O-])c(C(=O)NNC(=O)COc2c(Cl)cc(Cl)cc2Cl)n1. The summed E-state index contributed by atoms with van der Waals surface area (Å²) in [6.07, 6.45) is 1.12. The molecule has 0 atom stereocenters. The van der Waals surface area contributed by atoms with Crippen molar-refractivity contribution in [1.29, 1.82) is 0 Å². The van der Waals surface area contributed by atoms with Crippen LogP contribution in [0.15, 0.2) is 18.3 Å². The maximum Gasteiger partial charge on any atom is 0.320 e. The third-order valence-electron chi connectivity index (χ3n) is 3.10. The van der Waals surface area contributed by atoms with Gasteiger partial charge in [0, 0.05) is 11.6 Å². The van der Waals surface area contributed by atoms with Crippen molar-refractivity contribution in [2.45, 2.75) is 13.5 Å². The van der Waals surface area contributed by atoms with Crippen LogP contribution in [0.3, 0.4) is 0 Å². The van der Waals surface area contributed by atoms with Crippen LogP contribution in [0.5, 0.6) is 5.75 Å². The molecule has 1 aromatic carbocycles. The Labute approximate surface area is 167 Å². The molecule has 0 aliphatic rings. The summed E-state index contributed by atoms with van der Waals surface area (Å²) in [7, 11) is 0. The van der Waals surface area contributed by atoms with Crippen molar-refractivity contribution in [3.63, 3.8) is 0 Å². The van der Waals surface area contributed by atoms with Crippen LogP contribution in [-0.4, -0.2) is 33.1 Å². The zero-order valence-electron chi connectivity index (χ0n) is 13.7. The van der Waals surface area contributed by atoms with Gasteiger partial charge in [-0.3, -0.25) is 35.2 Å². The van der Waals surface area contributed by atoms with E-state index in [0.717, 1.165) is 6.20 Å². The molecular weight excluding hydrogens is 425 g/mol. The van der Waals surface area contributed by atoms with Crippen molar-refractivity contribution in [2.75, 3.05) is 6.61 Å². The number of amides is 2. The molecule has 0 aliphatic heterocycles. The Bertz CT molecular complexity index is 878. The number of carbonyl (C=O) groups excluding carboxylic acids is 2. The minimum Gasteiger partial charge on any atom is -0.481 e. The predicted octanol–water partition coefficient (Wildman–Crippen LogP) is 2.61. The van der Waals surface area contributed by atoms with E-state index in [0.29, 0.717) is 11.6 Å². The van der Waals surface area contributed by atoms with Gasteiger partial charge in [0.25, 0.3) is 11.8 Å².